The Balaban J connectivity index is 1.97. The summed E-state index contributed by atoms with van der Waals surface area (Å²) in [6, 6.07) is 10.1. The van der Waals surface area contributed by atoms with Crippen molar-refractivity contribution in [3.63, 3.8) is 0 Å². The topological polar surface area (TPSA) is 138 Å². The molecule has 3 aromatic rings. The monoisotopic (exact) mass is 454 g/mol. The fourth-order valence-electron chi connectivity index (χ4n) is 4.22. The summed E-state index contributed by atoms with van der Waals surface area (Å²) in [7, 11) is 0. The molecule has 4 N–H and O–H groups in total. The second kappa shape index (κ2) is 7.38. The number of nitrogens with one attached hydrogen (secondary N) is 2. The number of hydrogen-bond acceptors (Lipinski definition) is 5. The molecule has 2 atom stereocenters. The van der Waals surface area contributed by atoms with Crippen molar-refractivity contribution >= 4 is 35.0 Å². The molecule has 31 heavy (non-hydrogen) atoms. The first kappa shape index (κ1) is 20.8. The Morgan fingerprint density at radius 2 is 2.06 bits per heavy atom. The van der Waals surface area contributed by atoms with Crippen LogP contribution in [0.5, 0.6) is 0 Å². The van der Waals surface area contributed by atoms with Crippen molar-refractivity contribution in [2.75, 3.05) is 0 Å². The van der Waals surface area contributed by atoms with Crippen LogP contribution >= 0.6 is 23.2 Å². The van der Waals surface area contributed by atoms with Crippen LogP contribution in [0.1, 0.15) is 44.1 Å². The maximum absolute atomic E-state index is 12.8. The number of aromatic amines is 1. The van der Waals surface area contributed by atoms with Crippen molar-refractivity contribution in [1.82, 2.24) is 20.5 Å². The highest BCUT2D eigenvalue weighted by atomic mass is 35.5. The van der Waals surface area contributed by atoms with Gasteiger partial charge in [-0.3, -0.25) is 19.7 Å². The van der Waals surface area contributed by atoms with E-state index in [-0.39, 0.29) is 17.7 Å². The first-order chi connectivity index (χ1) is 14.8. The Labute approximate surface area is 187 Å². The zero-order valence-electron chi connectivity index (χ0n) is 16.2. The highest BCUT2D eigenvalue weighted by Gasteiger charge is 2.74. The second-order valence-corrected chi connectivity index (χ2v) is 8.21. The Bertz CT molecular complexity index is 1250. The molecule has 1 aliphatic carbocycles. The van der Waals surface area contributed by atoms with Gasteiger partial charge in [-0.05, 0) is 48.4 Å². The maximum atomic E-state index is 12.8. The van der Waals surface area contributed by atoms with E-state index in [4.69, 9.17) is 28.9 Å². The molecule has 0 saturated heterocycles. The van der Waals surface area contributed by atoms with E-state index in [2.05, 4.69) is 26.6 Å². The van der Waals surface area contributed by atoms with Gasteiger partial charge in [0.25, 0.3) is 5.91 Å². The number of H-pyrrole nitrogens is 1. The number of carbonyl (C=O) groups excluding carboxylic acids is 2. The van der Waals surface area contributed by atoms with E-state index in [1.807, 2.05) is 0 Å². The van der Waals surface area contributed by atoms with Crippen molar-refractivity contribution in [2.24, 2.45) is 5.73 Å². The standard InChI is InChI=1S/C21H16Cl2N6O2/c1-11-7-12(22)8-13(18(25)30)16(11)21(17-14(23)3-2-5-26-17)9-20(21,10-24)28-19(31)15-4-6-27-29-15/h2-8H,9H2,1H3,(H2,25,30)(H,27,29)(H,28,31). The van der Waals surface area contributed by atoms with E-state index in [1.54, 1.807) is 25.1 Å². The third kappa shape index (κ3) is 3.14. The van der Waals surface area contributed by atoms with Gasteiger partial charge in [0.15, 0.2) is 0 Å². The first-order valence-electron chi connectivity index (χ1n) is 9.20. The minimum atomic E-state index is -1.43. The molecular weight excluding hydrogens is 439 g/mol. The molecule has 0 spiro atoms. The van der Waals surface area contributed by atoms with E-state index in [0.717, 1.165) is 0 Å². The van der Waals surface area contributed by atoms with Crippen molar-refractivity contribution in [3.8, 4) is 6.07 Å². The number of nitriles is 1. The van der Waals surface area contributed by atoms with Gasteiger partial charge in [0.05, 0.1) is 22.2 Å². The summed E-state index contributed by atoms with van der Waals surface area (Å²) in [6.45, 7) is 1.75. The van der Waals surface area contributed by atoms with E-state index in [0.29, 0.717) is 26.9 Å². The zero-order chi connectivity index (χ0) is 22.4. The lowest BCUT2D eigenvalue weighted by molar-refractivity contribution is 0.0932. The number of nitrogens with two attached hydrogens (primary N) is 1. The number of amides is 2. The first-order valence-corrected chi connectivity index (χ1v) is 9.96. The molecule has 2 unspecified atom stereocenters. The fourth-order valence-corrected chi connectivity index (χ4v) is 4.78. The second-order valence-electron chi connectivity index (χ2n) is 7.37. The summed E-state index contributed by atoms with van der Waals surface area (Å²) in [6.07, 6.45) is 3.10. The number of carbonyl (C=O) groups is 2. The van der Waals surface area contributed by atoms with Gasteiger partial charge in [-0.15, -0.1) is 0 Å². The molecule has 0 bridgehead atoms. The van der Waals surface area contributed by atoms with Crippen molar-refractivity contribution in [2.45, 2.75) is 24.3 Å². The van der Waals surface area contributed by atoms with Crippen LogP contribution in [0.3, 0.4) is 0 Å². The molecule has 1 fully saturated rings. The summed E-state index contributed by atoms with van der Waals surface area (Å²) in [5.41, 5.74) is 4.78. The zero-order valence-corrected chi connectivity index (χ0v) is 17.8. The van der Waals surface area contributed by atoms with Crippen molar-refractivity contribution in [1.29, 1.82) is 5.26 Å². The van der Waals surface area contributed by atoms with Gasteiger partial charge >= 0.3 is 0 Å². The van der Waals surface area contributed by atoms with Crippen LogP contribution in [0.15, 0.2) is 42.7 Å². The number of rotatable bonds is 5. The summed E-state index contributed by atoms with van der Waals surface area (Å²) < 4.78 is 0. The van der Waals surface area contributed by atoms with E-state index >= 15 is 0 Å². The SMILES string of the molecule is Cc1cc(Cl)cc(C(N)=O)c1C1(c2ncccc2Cl)CC1(C#N)NC(=O)c1ccn[nH]1. The van der Waals surface area contributed by atoms with E-state index < -0.39 is 22.8 Å². The Morgan fingerprint density at radius 1 is 1.29 bits per heavy atom. The fraction of sp³-hybridized carbons (Fsp3) is 0.190. The van der Waals surface area contributed by atoms with Gasteiger partial charge in [0.1, 0.15) is 11.2 Å². The molecule has 10 heteroatoms. The van der Waals surface area contributed by atoms with Gasteiger partial charge in [-0.1, -0.05) is 23.2 Å². The van der Waals surface area contributed by atoms with Crippen LogP contribution in [-0.4, -0.2) is 32.5 Å². The molecule has 8 nitrogen and oxygen atoms in total. The van der Waals surface area contributed by atoms with Crippen LogP contribution in [-0.2, 0) is 5.41 Å². The Hall–Kier alpha value is -3.41. The molecule has 156 valence electrons. The van der Waals surface area contributed by atoms with E-state index in [1.165, 1.54) is 24.5 Å². The number of hydrogen-bond donors (Lipinski definition) is 3. The number of pyridine rings is 1. The lowest BCUT2D eigenvalue weighted by Crippen LogP contribution is -2.43. The van der Waals surface area contributed by atoms with Gasteiger partial charge in [0.2, 0.25) is 5.91 Å². The number of aryl methyl sites for hydroxylation is 1. The van der Waals surface area contributed by atoms with Gasteiger partial charge < -0.3 is 11.1 Å². The minimum Gasteiger partial charge on any atom is -0.366 e. The van der Waals surface area contributed by atoms with Crippen LogP contribution in [0.4, 0.5) is 0 Å². The quantitative estimate of drug-likeness (QED) is 0.543. The molecule has 1 aromatic carbocycles. The smallest absolute Gasteiger partial charge is 0.270 e. The number of benzene rings is 1. The van der Waals surface area contributed by atoms with Gasteiger partial charge in [-0.25, -0.2) is 0 Å². The molecular formula is C21H16Cl2N6O2. The van der Waals surface area contributed by atoms with Gasteiger partial charge in [0, 0.05) is 29.4 Å². The summed E-state index contributed by atoms with van der Waals surface area (Å²) in [5.74, 6) is -1.24. The molecule has 0 radical (unpaired) electrons. The molecule has 0 aliphatic heterocycles. The molecule has 1 saturated carbocycles. The average molecular weight is 455 g/mol. The van der Waals surface area contributed by atoms with Gasteiger partial charge in [-0.2, -0.15) is 10.4 Å². The Kier molecular flexibility index (Phi) is 4.96. The number of halogens is 2. The minimum absolute atomic E-state index is 0.135. The number of primary amides is 1. The number of aromatic nitrogens is 3. The predicted molar refractivity (Wildman–Crippen MR) is 114 cm³/mol. The highest BCUT2D eigenvalue weighted by molar-refractivity contribution is 6.32. The normalized spacial score (nSPS) is 21.9. The lowest BCUT2D eigenvalue weighted by Gasteiger charge is -2.26. The van der Waals surface area contributed by atoms with Crippen molar-refractivity contribution < 1.29 is 9.59 Å². The number of nitrogens with zero attached hydrogens (tertiary/aromatic N) is 3. The summed E-state index contributed by atoms with van der Waals surface area (Å²) >= 11 is 12.7. The molecule has 2 heterocycles. The van der Waals surface area contributed by atoms with Crippen molar-refractivity contribution in [3.05, 3.63) is 80.8 Å². The lowest BCUT2D eigenvalue weighted by atomic mass is 9.81. The molecule has 2 aromatic heterocycles. The Morgan fingerprint density at radius 3 is 2.68 bits per heavy atom. The third-order valence-electron chi connectivity index (χ3n) is 5.55. The highest BCUT2D eigenvalue weighted by Crippen LogP contribution is 2.63. The third-order valence-corrected chi connectivity index (χ3v) is 6.08. The van der Waals surface area contributed by atoms with Crippen LogP contribution in [0.25, 0.3) is 0 Å². The molecule has 1 aliphatic rings. The van der Waals surface area contributed by atoms with Crippen LogP contribution < -0.4 is 11.1 Å². The largest absolute Gasteiger partial charge is 0.366 e. The predicted octanol–water partition coefficient (Wildman–Crippen LogP) is 2.90. The average Bonchev–Trinajstić information content (AvgIpc) is 3.09. The maximum Gasteiger partial charge on any atom is 0.270 e. The van der Waals surface area contributed by atoms with E-state index in [9.17, 15) is 14.9 Å². The summed E-state index contributed by atoms with van der Waals surface area (Å²) in [5, 5.41) is 20.0. The van der Waals surface area contributed by atoms with Crippen LogP contribution in [0.2, 0.25) is 10.0 Å². The molecule has 4 rings (SSSR count). The van der Waals surface area contributed by atoms with Crippen LogP contribution in [0, 0.1) is 18.3 Å². The summed E-state index contributed by atoms with van der Waals surface area (Å²) in [4.78, 5) is 29.6. The molecule has 2 amide bonds.